The summed E-state index contributed by atoms with van der Waals surface area (Å²) in [6.45, 7) is 0. The molecule has 3 aromatic carbocycles. The first-order valence-corrected chi connectivity index (χ1v) is 6.28. The quantitative estimate of drug-likeness (QED) is 0.753. The zero-order chi connectivity index (χ0) is 15.0. The fraction of sp³-hybridized carbons (Fsp3) is 0. The van der Waals surface area contributed by atoms with Crippen molar-refractivity contribution in [3.8, 4) is 11.1 Å². The second kappa shape index (κ2) is 4.98. The molecule has 0 aliphatic heterocycles. The van der Waals surface area contributed by atoms with Gasteiger partial charge in [-0.3, -0.25) is 0 Å². The van der Waals surface area contributed by atoms with E-state index in [0.717, 1.165) is 5.39 Å². The lowest BCUT2D eigenvalue weighted by atomic mass is 9.96. The number of hydrogen-bond donors (Lipinski definition) is 1. The third-order valence-electron chi connectivity index (χ3n) is 3.36. The van der Waals surface area contributed by atoms with Crippen LogP contribution in [0.4, 0.5) is 8.78 Å². The van der Waals surface area contributed by atoms with Crippen molar-refractivity contribution in [2.45, 2.75) is 0 Å². The molecular formula is C17H10F2O2. The number of benzene rings is 3. The molecule has 1 N–H and O–H groups in total. The first-order chi connectivity index (χ1) is 10.1. The van der Waals surface area contributed by atoms with Gasteiger partial charge in [-0.1, -0.05) is 30.3 Å². The van der Waals surface area contributed by atoms with Crippen molar-refractivity contribution in [2.24, 2.45) is 0 Å². The highest BCUT2D eigenvalue weighted by Crippen LogP contribution is 2.32. The Hall–Kier alpha value is -2.75. The number of hydrogen-bond acceptors (Lipinski definition) is 1. The Morgan fingerprint density at radius 1 is 0.905 bits per heavy atom. The zero-order valence-electron chi connectivity index (χ0n) is 10.8. The molecular weight excluding hydrogens is 274 g/mol. The van der Waals surface area contributed by atoms with Crippen LogP contribution < -0.4 is 0 Å². The van der Waals surface area contributed by atoms with Crippen LogP contribution in [0.15, 0.2) is 54.6 Å². The van der Waals surface area contributed by atoms with Crippen LogP contribution in [0.5, 0.6) is 0 Å². The maximum atomic E-state index is 14.0. The van der Waals surface area contributed by atoms with E-state index in [1.54, 1.807) is 24.3 Å². The van der Waals surface area contributed by atoms with Gasteiger partial charge in [0.05, 0.1) is 11.1 Å². The second-order valence-electron chi connectivity index (χ2n) is 4.64. The number of carboxylic acid groups (broad SMARTS) is 1. The molecule has 0 saturated heterocycles. The van der Waals surface area contributed by atoms with E-state index in [1.807, 2.05) is 0 Å². The normalized spacial score (nSPS) is 10.8. The van der Waals surface area contributed by atoms with Gasteiger partial charge in [0.2, 0.25) is 0 Å². The average molecular weight is 284 g/mol. The van der Waals surface area contributed by atoms with Crippen LogP contribution >= 0.6 is 0 Å². The number of halogens is 2. The first-order valence-electron chi connectivity index (χ1n) is 6.28. The van der Waals surface area contributed by atoms with Gasteiger partial charge in [-0.05, 0) is 40.6 Å². The fourth-order valence-corrected chi connectivity index (χ4v) is 2.38. The molecule has 21 heavy (non-hydrogen) atoms. The Bertz CT molecular complexity index is 836. The van der Waals surface area contributed by atoms with E-state index < -0.39 is 17.6 Å². The summed E-state index contributed by atoms with van der Waals surface area (Å²) in [7, 11) is 0. The van der Waals surface area contributed by atoms with Crippen LogP contribution in [0.1, 0.15) is 10.4 Å². The predicted molar refractivity (Wildman–Crippen MR) is 76.3 cm³/mol. The van der Waals surface area contributed by atoms with Crippen molar-refractivity contribution in [1.29, 1.82) is 0 Å². The summed E-state index contributed by atoms with van der Waals surface area (Å²) in [5.74, 6) is -2.44. The van der Waals surface area contributed by atoms with Crippen molar-refractivity contribution in [2.75, 3.05) is 0 Å². The average Bonchev–Trinajstić information content (AvgIpc) is 2.46. The summed E-state index contributed by atoms with van der Waals surface area (Å²) in [6, 6.07) is 13.2. The minimum Gasteiger partial charge on any atom is -0.478 e. The van der Waals surface area contributed by atoms with Gasteiger partial charge >= 0.3 is 5.97 Å². The highest BCUT2D eigenvalue weighted by atomic mass is 19.1. The molecule has 0 atom stereocenters. The van der Waals surface area contributed by atoms with Crippen molar-refractivity contribution < 1.29 is 18.7 Å². The molecule has 0 fully saturated rings. The van der Waals surface area contributed by atoms with E-state index in [4.69, 9.17) is 5.11 Å². The number of carbonyl (C=O) groups is 1. The SMILES string of the molecule is O=C(O)c1ccc2cccc(-c3c(F)cccc3F)c2c1. The van der Waals surface area contributed by atoms with Gasteiger partial charge in [0.15, 0.2) is 0 Å². The monoisotopic (exact) mass is 284 g/mol. The molecule has 3 rings (SSSR count). The van der Waals surface area contributed by atoms with Crippen LogP contribution in [0.2, 0.25) is 0 Å². The molecule has 0 radical (unpaired) electrons. The van der Waals surface area contributed by atoms with Gasteiger partial charge in [0.25, 0.3) is 0 Å². The fourth-order valence-electron chi connectivity index (χ4n) is 2.38. The Morgan fingerprint density at radius 3 is 2.24 bits per heavy atom. The largest absolute Gasteiger partial charge is 0.478 e. The van der Waals surface area contributed by atoms with Gasteiger partial charge in [-0.25, -0.2) is 13.6 Å². The molecule has 4 heteroatoms. The van der Waals surface area contributed by atoms with Crippen molar-refractivity contribution in [3.05, 3.63) is 71.8 Å². The van der Waals surface area contributed by atoms with Crippen LogP contribution in [0.25, 0.3) is 21.9 Å². The minimum absolute atomic E-state index is 0.0756. The van der Waals surface area contributed by atoms with Gasteiger partial charge in [-0.2, -0.15) is 0 Å². The van der Waals surface area contributed by atoms with Gasteiger partial charge < -0.3 is 5.11 Å². The number of fused-ring (bicyclic) bond motifs is 1. The molecule has 0 aliphatic carbocycles. The van der Waals surface area contributed by atoms with E-state index in [-0.39, 0.29) is 11.1 Å². The van der Waals surface area contributed by atoms with E-state index in [1.165, 1.54) is 30.3 Å². The number of aromatic carboxylic acids is 1. The molecule has 0 aromatic heterocycles. The molecule has 0 heterocycles. The molecule has 0 unspecified atom stereocenters. The van der Waals surface area contributed by atoms with Crippen LogP contribution in [0, 0.1) is 11.6 Å². The smallest absolute Gasteiger partial charge is 0.335 e. The van der Waals surface area contributed by atoms with Gasteiger partial charge in [0, 0.05) is 0 Å². The summed E-state index contributed by atoms with van der Waals surface area (Å²) in [6.07, 6.45) is 0. The number of rotatable bonds is 2. The van der Waals surface area contributed by atoms with Crippen molar-refractivity contribution in [3.63, 3.8) is 0 Å². The molecule has 0 amide bonds. The number of carboxylic acids is 1. The zero-order valence-corrected chi connectivity index (χ0v) is 10.8. The van der Waals surface area contributed by atoms with Gasteiger partial charge in [-0.15, -0.1) is 0 Å². The summed E-state index contributed by atoms with van der Waals surface area (Å²) >= 11 is 0. The maximum absolute atomic E-state index is 14.0. The minimum atomic E-state index is -1.08. The summed E-state index contributed by atoms with van der Waals surface area (Å²) in [4.78, 5) is 11.1. The maximum Gasteiger partial charge on any atom is 0.335 e. The molecule has 0 bridgehead atoms. The second-order valence-corrected chi connectivity index (χ2v) is 4.64. The van der Waals surface area contributed by atoms with E-state index in [9.17, 15) is 13.6 Å². The third-order valence-corrected chi connectivity index (χ3v) is 3.36. The summed E-state index contributed by atoms with van der Waals surface area (Å²) in [5, 5.41) is 10.3. The van der Waals surface area contributed by atoms with Crippen LogP contribution in [-0.4, -0.2) is 11.1 Å². The van der Waals surface area contributed by atoms with E-state index in [0.29, 0.717) is 10.9 Å². The lowest BCUT2D eigenvalue weighted by Crippen LogP contribution is -1.96. The van der Waals surface area contributed by atoms with Crippen molar-refractivity contribution in [1.82, 2.24) is 0 Å². The lowest BCUT2D eigenvalue weighted by Gasteiger charge is -2.09. The third kappa shape index (κ3) is 2.25. The standard InChI is InChI=1S/C17H10F2O2/c18-14-5-2-6-15(19)16(14)12-4-1-3-10-7-8-11(17(20)21)9-13(10)12/h1-9H,(H,20,21). The first kappa shape index (κ1) is 13.2. The summed E-state index contributed by atoms with van der Waals surface area (Å²) < 4.78 is 27.9. The Kier molecular flexibility index (Phi) is 3.14. The molecule has 104 valence electrons. The lowest BCUT2D eigenvalue weighted by molar-refractivity contribution is 0.0697. The molecule has 2 nitrogen and oxygen atoms in total. The Labute approximate surface area is 119 Å². The van der Waals surface area contributed by atoms with Crippen molar-refractivity contribution >= 4 is 16.7 Å². The topological polar surface area (TPSA) is 37.3 Å². The van der Waals surface area contributed by atoms with Gasteiger partial charge in [0.1, 0.15) is 11.6 Å². The molecule has 0 saturated carbocycles. The molecule has 0 spiro atoms. The highest BCUT2D eigenvalue weighted by Gasteiger charge is 2.14. The Morgan fingerprint density at radius 2 is 1.57 bits per heavy atom. The summed E-state index contributed by atoms with van der Waals surface area (Å²) in [5.41, 5.74) is 0.267. The predicted octanol–water partition coefficient (Wildman–Crippen LogP) is 4.48. The van der Waals surface area contributed by atoms with E-state index in [2.05, 4.69) is 0 Å². The molecule has 0 aliphatic rings. The van der Waals surface area contributed by atoms with Crippen LogP contribution in [-0.2, 0) is 0 Å². The van der Waals surface area contributed by atoms with E-state index >= 15 is 0 Å². The Balaban J connectivity index is 2.37. The molecule has 3 aromatic rings. The van der Waals surface area contributed by atoms with Crippen LogP contribution in [0.3, 0.4) is 0 Å². The highest BCUT2D eigenvalue weighted by molar-refractivity contribution is 6.01.